The first-order valence-corrected chi connectivity index (χ1v) is 13.6. The second-order valence-electron chi connectivity index (χ2n) is 10.6. The van der Waals surface area contributed by atoms with Crippen LogP contribution in [0.15, 0.2) is 61.2 Å². The molecule has 0 spiro atoms. The van der Waals surface area contributed by atoms with Gasteiger partial charge in [-0.3, -0.25) is 10.6 Å². The lowest BCUT2D eigenvalue weighted by atomic mass is 9.97. The van der Waals surface area contributed by atoms with Crippen LogP contribution in [0.2, 0.25) is 0 Å². The van der Waals surface area contributed by atoms with Crippen molar-refractivity contribution in [2.24, 2.45) is 11.5 Å². The molecule has 2 aliphatic heterocycles. The molecule has 38 heavy (non-hydrogen) atoms. The molecule has 2 atom stereocenters. The number of piperidine rings is 1. The monoisotopic (exact) mass is 518 g/mol. The third-order valence-corrected chi connectivity index (χ3v) is 8.06. The van der Waals surface area contributed by atoms with Crippen molar-refractivity contribution in [1.29, 1.82) is 0 Å². The van der Waals surface area contributed by atoms with Crippen molar-refractivity contribution in [2.45, 2.75) is 50.8 Å². The van der Waals surface area contributed by atoms with Crippen molar-refractivity contribution in [1.82, 2.24) is 19.4 Å². The van der Waals surface area contributed by atoms with Gasteiger partial charge in [0.2, 0.25) is 0 Å². The zero-order valence-electron chi connectivity index (χ0n) is 22.9. The first-order chi connectivity index (χ1) is 18.5. The fourth-order valence-electron chi connectivity index (χ4n) is 6.09. The summed E-state index contributed by atoms with van der Waals surface area (Å²) < 4.78 is 7.83. The summed E-state index contributed by atoms with van der Waals surface area (Å²) in [6, 6.07) is 15.1. The molecule has 2 aromatic carbocycles. The minimum absolute atomic E-state index is 0.211. The van der Waals surface area contributed by atoms with Gasteiger partial charge in [-0.1, -0.05) is 24.3 Å². The normalized spacial score (nSPS) is 20.9. The van der Waals surface area contributed by atoms with Gasteiger partial charge in [0.05, 0.1) is 19.6 Å². The van der Waals surface area contributed by atoms with Crippen LogP contribution >= 0.6 is 0 Å². The SMILES string of the molecule is COc1cccc(N(C)C)c1CN1CCC(N2C(N)c3ccccc3N(CCCn3ccnc3)C2N)CC1. The third-order valence-electron chi connectivity index (χ3n) is 8.06. The predicted octanol–water partition coefficient (Wildman–Crippen LogP) is 3.03. The Morgan fingerprint density at radius 1 is 1.03 bits per heavy atom. The van der Waals surface area contributed by atoms with Crippen LogP contribution in [-0.2, 0) is 13.1 Å². The van der Waals surface area contributed by atoms with Crippen LogP contribution in [0.4, 0.5) is 11.4 Å². The standard InChI is InChI=1S/C29H42N8O/c1-33(2)25-10-6-11-27(38-3)24(25)20-34-17-12-22(13-18-34)37-28(30)23-8-4-5-9-26(23)36(29(37)31)16-7-15-35-19-14-32-21-35/h4-6,8-11,14,19,21-22,28-29H,7,12-13,15-18,20,30-31H2,1-3H3. The lowest BCUT2D eigenvalue weighted by Gasteiger charge is -2.51. The van der Waals surface area contributed by atoms with Crippen LogP contribution < -0.4 is 26.0 Å². The summed E-state index contributed by atoms with van der Waals surface area (Å²) in [5, 5.41) is 0. The lowest BCUT2D eigenvalue weighted by Crippen LogP contribution is -2.64. The second kappa shape index (κ2) is 11.7. The molecule has 204 valence electrons. The summed E-state index contributed by atoms with van der Waals surface area (Å²) >= 11 is 0. The molecule has 1 aromatic heterocycles. The maximum Gasteiger partial charge on any atom is 0.136 e. The summed E-state index contributed by atoms with van der Waals surface area (Å²) in [6.07, 6.45) is 8.26. The highest BCUT2D eigenvalue weighted by molar-refractivity contribution is 5.59. The molecule has 3 aromatic rings. The quantitative estimate of drug-likeness (QED) is 0.447. The number of para-hydroxylation sites is 1. The number of aromatic nitrogens is 2. The van der Waals surface area contributed by atoms with Crippen molar-refractivity contribution in [3.05, 3.63) is 72.3 Å². The number of ether oxygens (including phenoxy) is 1. The molecule has 0 radical (unpaired) electrons. The number of aryl methyl sites for hydroxylation is 1. The lowest BCUT2D eigenvalue weighted by molar-refractivity contribution is 0.0283. The third kappa shape index (κ3) is 5.37. The van der Waals surface area contributed by atoms with Crippen LogP contribution in [0.5, 0.6) is 5.75 Å². The molecular formula is C29H42N8O. The number of nitrogens with two attached hydrogens (primary N) is 2. The largest absolute Gasteiger partial charge is 0.496 e. The molecule has 1 fully saturated rings. The van der Waals surface area contributed by atoms with Gasteiger partial charge in [-0.2, -0.15) is 0 Å². The van der Waals surface area contributed by atoms with Crippen LogP contribution in [0.3, 0.4) is 0 Å². The molecule has 4 N–H and O–H groups in total. The number of rotatable bonds is 9. The van der Waals surface area contributed by atoms with E-state index < -0.39 is 0 Å². The highest BCUT2D eigenvalue weighted by Gasteiger charge is 2.40. The molecule has 5 rings (SSSR count). The van der Waals surface area contributed by atoms with E-state index in [4.69, 9.17) is 16.2 Å². The first kappa shape index (κ1) is 26.5. The van der Waals surface area contributed by atoms with Gasteiger partial charge in [0.1, 0.15) is 12.0 Å². The number of hydrogen-bond donors (Lipinski definition) is 2. The van der Waals surface area contributed by atoms with E-state index >= 15 is 0 Å². The number of nitrogens with zero attached hydrogens (tertiary/aromatic N) is 6. The van der Waals surface area contributed by atoms with Gasteiger partial charge in [-0.05, 0) is 50.6 Å². The van der Waals surface area contributed by atoms with Crippen molar-refractivity contribution in [3.63, 3.8) is 0 Å². The average molecular weight is 519 g/mol. The molecule has 0 amide bonds. The molecule has 2 aliphatic rings. The molecule has 0 bridgehead atoms. The van der Waals surface area contributed by atoms with E-state index in [-0.39, 0.29) is 12.5 Å². The Labute approximate surface area is 226 Å². The Kier molecular flexibility index (Phi) is 8.18. The van der Waals surface area contributed by atoms with Crippen molar-refractivity contribution < 1.29 is 4.74 Å². The van der Waals surface area contributed by atoms with E-state index in [1.165, 1.54) is 11.3 Å². The van der Waals surface area contributed by atoms with Gasteiger partial charge in [0.15, 0.2) is 0 Å². The van der Waals surface area contributed by atoms with Crippen molar-refractivity contribution in [3.8, 4) is 5.75 Å². The number of benzene rings is 2. The highest BCUT2D eigenvalue weighted by atomic mass is 16.5. The molecule has 3 heterocycles. The molecule has 9 nitrogen and oxygen atoms in total. The minimum Gasteiger partial charge on any atom is -0.496 e. The zero-order chi connectivity index (χ0) is 26.6. The maximum atomic E-state index is 6.99. The molecule has 9 heteroatoms. The number of anilines is 2. The number of likely N-dealkylation sites (tertiary alicyclic amines) is 1. The highest BCUT2D eigenvalue weighted by Crippen LogP contribution is 2.38. The van der Waals surface area contributed by atoms with E-state index in [1.54, 1.807) is 7.11 Å². The Bertz CT molecular complexity index is 1180. The summed E-state index contributed by atoms with van der Waals surface area (Å²) in [7, 11) is 5.92. The number of methoxy groups -OCH3 is 1. The topological polar surface area (TPSA) is 92.0 Å². The molecule has 0 saturated carbocycles. The van der Waals surface area contributed by atoms with E-state index in [0.717, 1.165) is 69.0 Å². The van der Waals surface area contributed by atoms with Crippen molar-refractivity contribution in [2.75, 3.05) is 50.6 Å². The van der Waals surface area contributed by atoms with Gasteiger partial charge in [-0.25, -0.2) is 9.88 Å². The average Bonchev–Trinajstić information content (AvgIpc) is 3.45. The van der Waals surface area contributed by atoms with E-state index in [0.29, 0.717) is 6.04 Å². The fourth-order valence-corrected chi connectivity index (χ4v) is 6.09. The number of hydrogen-bond acceptors (Lipinski definition) is 8. The Balaban J connectivity index is 1.28. The van der Waals surface area contributed by atoms with Gasteiger partial charge >= 0.3 is 0 Å². The number of fused-ring (bicyclic) bond motifs is 1. The zero-order valence-corrected chi connectivity index (χ0v) is 22.9. The Morgan fingerprint density at radius 3 is 2.53 bits per heavy atom. The fraction of sp³-hybridized carbons (Fsp3) is 0.483. The minimum atomic E-state index is -0.256. The predicted molar refractivity (Wildman–Crippen MR) is 153 cm³/mol. The van der Waals surface area contributed by atoms with E-state index in [2.05, 4.69) is 85.7 Å². The summed E-state index contributed by atoms with van der Waals surface area (Å²) in [4.78, 5) is 13.5. The van der Waals surface area contributed by atoms with E-state index in [1.807, 2.05) is 18.7 Å². The van der Waals surface area contributed by atoms with E-state index in [9.17, 15) is 0 Å². The van der Waals surface area contributed by atoms with Crippen LogP contribution in [0.25, 0.3) is 0 Å². The Morgan fingerprint density at radius 2 is 1.82 bits per heavy atom. The van der Waals surface area contributed by atoms with Gasteiger partial charge < -0.3 is 24.8 Å². The maximum absolute atomic E-state index is 6.99. The summed E-state index contributed by atoms with van der Waals surface area (Å²) in [5.41, 5.74) is 18.6. The van der Waals surface area contributed by atoms with Gasteiger partial charge in [0, 0.05) is 74.7 Å². The molecule has 1 saturated heterocycles. The first-order valence-electron chi connectivity index (χ1n) is 13.6. The van der Waals surface area contributed by atoms with Crippen LogP contribution in [0, 0.1) is 0 Å². The van der Waals surface area contributed by atoms with Gasteiger partial charge in [-0.15, -0.1) is 0 Å². The smallest absolute Gasteiger partial charge is 0.136 e. The molecule has 2 unspecified atom stereocenters. The van der Waals surface area contributed by atoms with Crippen LogP contribution in [0.1, 0.15) is 36.6 Å². The summed E-state index contributed by atoms with van der Waals surface area (Å²) in [5.74, 6) is 0.946. The van der Waals surface area contributed by atoms with Gasteiger partial charge in [0.25, 0.3) is 0 Å². The number of imidazole rings is 1. The second-order valence-corrected chi connectivity index (χ2v) is 10.6. The molecule has 0 aliphatic carbocycles. The molecular weight excluding hydrogens is 476 g/mol. The summed E-state index contributed by atoms with van der Waals surface area (Å²) in [6.45, 7) is 4.63. The van der Waals surface area contributed by atoms with Crippen molar-refractivity contribution >= 4 is 11.4 Å². The van der Waals surface area contributed by atoms with Crippen LogP contribution in [-0.4, -0.2) is 72.5 Å². The Hall–Kier alpha value is -3.11.